The van der Waals surface area contributed by atoms with Crippen molar-refractivity contribution in [3.8, 4) is 0 Å². The van der Waals surface area contributed by atoms with Gasteiger partial charge < -0.3 is 5.32 Å². The Kier molecular flexibility index (Phi) is 1.27. The Morgan fingerprint density at radius 2 is 2.08 bits per heavy atom. The first-order valence-corrected chi connectivity index (χ1v) is 4.59. The standard InChI is InChI=1S/C10H12N2/c1-2-11-6-10-8-3-7(9(1)10)4-12-5-8/h1-2,6-8,12H,3-5H2/t7-,8?/m1/s1. The smallest absolute Gasteiger partial charge is 0.0306 e. The maximum Gasteiger partial charge on any atom is 0.0306 e. The molecule has 2 atom stereocenters. The molecule has 12 heavy (non-hydrogen) atoms. The minimum Gasteiger partial charge on any atom is -0.316 e. The van der Waals surface area contributed by atoms with Crippen LogP contribution < -0.4 is 5.32 Å². The highest BCUT2D eigenvalue weighted by Crippen LogP contribution is 2.42. The molecule has 2 bridgehead atoms. The predicted octanol–water partition coefficient (Wildman–Crippen LogP) is 1.26. The molecule has 2 aliphatic rings. The molecule has 3 rings (SSSR count). The first-order chi connectivity index (χ1) is 5.95. The van der Waals surface area contributed by atoms with E-state index in [2.05, 4.69) is 16.4 Å². The van der Waals surface area contributed by atoms with E-state index >= 15 is 0 Å². The summed E-state index contributed by atoms with van der Waals surface area (Å²) in [6, 6.07) is 2.19. The molecule has 0 saturated carbocycles. The Morgan fingerprint density at radius 3 is 3.00 bits per heavy atom. The van der Waals surface area contributed by atoms with Crippen molar-refractivity contribution in [2.45, 2.75) is 18.3 Å². The van der Waals surface area contributed by atoms with Crippen LogP contribution in [0.25, 0.3) is 0 Å². The summed E-state index contributed by atoms with van der Waals surface area (Å²) in [4.78, 5) is 4.19. The lowest BCUT2D eigenvalue weighted by Gasteiger charge is -2.19. The Bertz CT molecular complexity index is 279. The molecule has 1 aliphatic carbocycles. The molecule has 1 aliphatic heterocycles. The van der Waals surface area contributed by atoms with Gasteiger partial charge in [-0.15, -0.1) is 0 Å². The van der Waals surface area contributed by atoms with Gasteiger partial charge >= 0.3 is 0 Å². The van der Waals surface area contributed by atoms with Gasteiger partial charge in [-0.3, -0.25) is 4.98 Å². The van der Waals surface area contributed by atoms with E-state index in [0.717, 1.165) is 24.9 Å². The van der Waals surface area contributed by atoms with Crippen LogP contribution in [0, 0.1) is 0 Å². The molecule has 1 saturated heterocycles. The van der Waals surface area contributed by atoms with Gasteiger partial charge in [-0.25, -0.2) is 0 Å². The molecular weight excluding hydrogens is 148 g/mol. The Hall–Kier alpha value is -0.890. The van der Waals surface area contributed by atoms with Gasteiger partial charge in [0.05, 0.1) is 0 Å². The van der Waals surface area contributed by atoms with E-state index in [0.29, 0.717) is 0 Å². The second kappa shape index (κ2) is 2.30. The Morgan fingerprint density at radius 1 is 1.25 bits per heavy atom. The van der Waals surface area contributed by atoms with Crippen LogP contribution in [0.1, 0.15) is 29.4 Å². The van der Waals surface area contributed by atoms with E-state index in [4.69, 9.17) is 0 Å². The fraction of sp³-hybridized carbons (Fsp3) is 0.500. The van der Waals surface area contributed by atoms with Crippen molar-refractivity contribution >= 4 is 0 Å². The number of aromatic nitrogens is 1. The quantitative estimate of drug-likeness (QED) is 0.618. The summed E-state index contributed by atoms with van der Waals surface area (Å²) in [7, 11) is 0. The molecule has 1 fully saturated rings. The van der Waals surface area contributed by atoms with Crippen molar-refractivity contribution < 1.29 is 0 Å². The first kappa shape index (κ1) is 6.61. The number of fused-ring (bicyclic) bond motifs is 5. The highest BCUT2D eigenvalue weighted by Gasteiger charge is 2.33. The number of piperidine rings is 1. The maximum atomic E-state index is 4.19. The van der Waals surface area contributed by atoms with Crippen LogP contribution in [0.5, 0.6) is 0 Å². The lowest BCUT2D eigenvalue weighted by atomic mass is 9.98. The van der Waals surface area contributed by atoms with Crippen LogP contribution in [0.3, 0.4) is 0 Å². The van der Waals surface area contributed by atoms with E-state index < -0.39 is 0 Å². The van der Waals surface area contributed by atoms with Gasteiger partial charge in [0, 0.05) is 25.5 Å². The largest absolute Gasteiger partial charge is 0.316 e. The van der Waals surface area contributed by atoms with Crippen LogP contribution in [0.2, 0.25) is 0 Å². The summed E-state index contributed by atoms with van der Waals surface area (Å²) in [5.41, 5.74) is 3.03. The molecule has 1 unspecified atom stereocenters. The molecular formula is C10H12N2. The van der Waals surface area contributed by atoms with E-state index in [-0.39, 0.29) is 0 Å². The van der Waals surface area contributed by atoms with E-state index in [1.165, 1.54) is 12.0 Å². The molecule has 1 N–H and O–H groups in total. The lowest BCUT2D eigenvalue weighted by molar-refractivity contribution is 0.453. The monoisotopic (exact) mass is 160 g/mol. The molecule has 2 nitrogen and oxygen atoms in total. The predicted molar refractivity (Wildman–Crippen MR) is 47.2 cm³/mol. The highest BCUT2D eigenvalue weighted by molar-refractivity contribution is 5.37. The van der Waals surface area contributed by atoms with Crippen LogP contribution >= 0.6 is 0 Å². The normalized spacial score (nSPS) is 31.7. The molecule has 0 spiro atoms. The third-order valence-corrected chi connectivity index (χ3v) is 3.12. The van der Waals surface area contributed by atoms with Gasteiger partial charge in [-0.2, -0.15) is 0 Å². The van der Waals surface area contributed by atoms with Crippen LogP contribution in [0.4, 0.5) is 0 Å². The molecule has 2 heteroatoms. The maximum absolute atomic E-state index is 4.19. The van der Waals surface area contributed by atoms with Crippen molar-refractivity contribution in [2.24, 2.45) is 0 Å². The molecule has 0 radical (unpaired) electrons. The SMILES string of the molecule is c1cc2c(cn1)C1CNC[C@H]2C1. The van der Waals surface area contributed by atoms with Crippen LogP contribution in [-0.2, 0) is 0 Å². The number of pyridine rings is 1. The first-order valence-electron chi connectivity index (χ1n) is 4.59. The number of rotatable bonds is 0. The van der Waals surface area contributed by atoms with E-state index in [1.54, 1.807) is 5.56 Å². The topological polar surface area (TPSA) is 24.9 Å². The Balaban J connectivity index is 2.16. The third kappa shape index (κ3) is 0.758. The summed E-state index contributed by atoms with van der Waals surface area (Å²) in [6.07, 6.45) is 5.31. The number of nitrogens with one attached hydrogen (secondary N) is 1. The molecule has 1 aromatic heterocycles. The molecule has 0 aromatic carbocycles. The summed E-state index contributed by atoms with van der Waals surface area (Å²) in [5, 5.41) is 3.47. The van der Waals surface area contributed by atoms with Crippen molar-refractivity contribution in [3.05, 3.63) is 29.6 Å². The molecule has 62 valence electrons. The van der Waals surface area contributed by atoms with Crippen LogP contribution in [-0.4, -0.2) is 18.1 Å². The van der Waals surface area contributed by atoms with Gasteiger partial charge in [0.1, 0.15) is 0 Å². The van der Waals surface area contributed by atoms with Gasteiger partial charge in [0.25, 0.3) is 0 Å². The van der Waals surface area contributed by atoms with Crippen molar-refractivity contribution in [1.82, 2.24) is 10.3 Å². The second-order valence-corrected chi connectivity index (χ2v) is 3.79. The summed E-state index contributed by atoms with van der Waals surface area (Å²) >= 11 is 0. The van der Waals surface area contributed by atoms with E-state index in [9.17, 15) is 0 Å². The minimum absolute atomic E-state index is 0.743. The minimum atomic E-state index is 0.743. The average Bonchev–Trinajstić information content (AvgIpc) is 2.41. The number of nitrogens with zero attached hydrogens (tertiary/aromatic N) is 1. The van der Waals surface area contributed by atoms with Gasteiger partial charge in [0.15, 0.2) is 0 Å². The van der Waals surface area contributed by atoms with Crippen molar-refractivity contribution in [3.63, 3.8) is 0 Å². The molecule has 0 amide bonds. The third-order valence-electron chi connectivity index (χ3n) is 3.12. The fourth-order valence-corrected chi connectivity index (χ4v) is 2.55. The summed E-state index contributed by atoms with van der Waals surface area (Å²) in [5.74, 6) is 1.51. The van der Waals surface area contributed by atoms with Gasteiger partial charge in [0.2, 0.25) is 0 Å². The zero-order valence-corrected chi connectivity index (χ0v) is 6.96. The fourth-order valence-electron chi connectivity index (χ4n) is 2.55. The number of hydrogen-bond acceptors (Lipinski definition) is 2. The van der Waals surface area contributed by atoms with E-state index in [1.807, 2.05) is 12.4 Å². The van der Waals surface area contributed by atoms with Crippen molar-refractivity contribution in [2.75, 3.05) is 13.1 Å². The zero-order valence-electron chi connectivity index (χ0n) is 6.96. The second-order valence-electron chi connectivity index (χ2n) is 3.79. The van der Waals surface area contributed by atoms with Gasteiger partial charge in [-0.05, 0) is 35.4 Å². The Labute approximate surface area is 72.0 Å². The summed E-state index contributed by atoms with van der Waals surface area (Å²) < 4.78 is 0. The number of hydrogen-bond donors (Lipinski definition) is 1. The molecule has 1 aromatic rings. The lowest BCUT2D eigenvalue weighted by Crippen LogP contribution is -2.28. The highest BCUT2D eigenvalue weighted by atomic mass is 14.9. The average molecular weight is 160 g/mol. The zero-order chi connectivity index (χ0) is 7.97. The summed E-state index contributed by atoms with van der Waals surface area (Å²) in [6.45, 7) is 2.31. The molecule has 2 heterocycles. The van der Waals surface area contributed by atoms with Gasteiger partial charge in [-0.1, -0.05) is 0 Å². The van der Waals surface area contributed by atoms with Crippen LogP contribution in [0.15, 0.2) is 18.5 Å². The van der Waals surface area contributed by atoms with Crippen molar-refractivity contribution in [1.29, 1.82) is 0 Å².